The van der Waals surface area contributed by atoms with Crippen LogP contribution in [-0.2, 0) is 20.5 Å². The third kappa shape index (κ3) is 8.88. The van der Waals surface area contributed by atoms with Gasteiger partial charge in [0, 0.05) is 26.8 Å². The maximum Gasteiger partial charge on any atom is 0.119 e. The zero-order valence-electron chi connectivity index (χ0n) is 30.5. The summed E-state index contributed by atoms with van der Waals surface area (Å²) in [6.07, 6.45) is 3.73. The van der Waals surface area contributed by atoms with Crippen LogP contribution in [0.2, 0.25) is 0 Å². The molecule has 6 aromatic carbocycles. The van der Waals surface area contributed by atoms with Gasteiger partial charge in [0.25, 0.3) is 0 Å². The standard InChI is InChI=1S/C22H21ClO3S.C22H21ClO2S/c1-25-19-10-4-16(5-11-19)22(23,17-6-12-20(26-2)13-7-17)18-8-14-21(15-9-18)27(3)24;1-24-19-10-4-16(5-11-19)22(23,17-6-12-20(25-2)13-7-17)18-8-14-21(26-3)15-9-18/h4-15H,1-3H3;4-15H,1-3H3. The molecule has 0 N–H and O–H groups in total. The van der Waals surface area contributed by atoms with Crippen LogP contribution in [0.25, 0.3) is 0 Å². The van der Waals surface area contributed by atoms with Crippen LogP contribution in [0.4, 0.5) is 0 Å². The van der Waals surface area contributed by atoms with Crippen LogP contribution in [0.5, 0.6) is 23.0 Å². The fourth-order valence-electron chi connectivity index (χ4n) is 5.98. The zero-order chi connectivity index (χ0) is 38.0. The van der Waals surface area contributed by atoms with Crippen molar-refractivity contribution in [2.45, 2.75) is 19.5 Å². The van der Waals surface area contributed by atoms with Crippen LogP contribution < -0.4 is 18.9 Å². The van der Waals surface area contributed by atoms with Crippen LogP contribution in [-0.4, -0.2) is 45.2 Å². The maximum absolute atomic E-state index is 11.7. The molecule has 6 aromatic rings. The van der Waals surface area contributed by atoms with Crippen molar-refractivity contribution in [1.82, 2.24) is 0 Å². The van der Waals surface area contributed by atoms with Gasteiger partial charge in [0.2, 0.25) is 0 Å². The molecule has 9 heteroatoms. The van der Waals surface area contributed by atoms with Gasteiger partial charge in [-0.2, -0.15) is 0 Å². The Balaban J connectivity index is 0.000000204. The first-order valence-corrected chi connectivity index (χ1v) is 20.2. The summed E-state index contributed by atoms with van der Waals surface area (Å²) in [6, 6.07) is 47.2. The summed E-state index contributed by atoms with van der Waals surface area (Å²) in [5, 5.41) is 0. The van der Waals surface area contributed by atoms with Gasteiger partial charge in [0.15, 0.2) is 0 Å². The molecule has 0 spiro atoms. The number of methoxy groups -OCH3 is 4. The lowest BCUT2D eigenvalue weighted by atomic mass is 9.84. The molecule has 6 rings (SSSR count). The summed E-state index contributed by atoms with van der Waals surface area (Å²) in [6.45, 7) is 0. The van der Waals surface area contributed by atoms with Gasteiger partial charge in [-0.15, -0.1) is 35.0 Å². The smallest absolute Gasteiger partial charge is 0.119 e. The molecule has 0 saturated heterocycles. The van der Waals surface area contributed by atoms with Crippen molar-refractivity contribution in [1.29, 1.82) is 0 Å². The van der Waals surface area contributed by atoms with Gasteiger partial charge in [0.1, 0.15) is 32.7 Å². The van der Waals surface area contributed by atoms with Gasteiger partial charge in [-0.3, -0.25) is 4.21 Å². The van der Waals surface area contributed by atoms with E-state index in [0.717, 1.165) is 61.3 Å². The molecule has 1 unspecified atom stereocenters. The van der Waals surface area contributed by atoms with E-state index >= 15 is 0 Å². The first-order chi connectivity index (χ1) is 25.6. The van der Waals surface area contributed by atoms with Crippen LogP contribution in [0.1, 0.15) is 33.4 Å². The van der Waals surface area contributed by atoms with Gasteiger partial charge in [-0.1, -0.05) is 72.8 Å². The van der Waals surface area contributed by atoms with Crippen molar-refractivity contribution in [3.63, 3.8) is 0 Å². The van der Waals surface area contributed by atoms with E-state index in [1.807, 2.05) is 121 Å². The molecule has 0 amide bonds. The lowest BCUT2D eigenvalue weighted by Crippen LogP contribution is -2.22. The zero-order valence-corrected chi connectivity index (χ0v) is 33.6. The summed E-state index contributed by atoms with van der Waals surface area (Å²) in [5.74, 6) is 3.15. The van der Waals surface area contributed by atoms with E-state index in [2.05, 4.69) is 30.5 Å². The highest BCUT2D eigenvalue weighted by Gasteiger charge is 2.35. The number of halogens is 2. The summed E-state index contributed by atoms with van der Waals surface area (Å²) in [5.41, 5.74) is 5.73. The van der Waals surface area contributed by atoms with Crippen molar-refractivity contribution in [2.75, 3.05) is 41.0 Å². The van der Waals surface area contributed by atoms with Crippen molar-refractivity contribution < 1.29 is 23.2 Å². The van der Waals surface area contributed by atoms with Gasteiger partial charge in [-0.05, 0) is 112 Å². The Morgan fingerprint density at radius 1 is 0.434 bits per heavy atom. The highest BCUT2D eigenvalue weighted by molar-refractivity contribution is 7.98. The monoisotopic (exact) mass is 784 g/mol. The lowest BCUT2D eigenvalue weighted by molar-refractivity contribution is 0.414. The van der Waals surface area contributed by atoms with E-state index in [0.29, 0.717) is 0 Å². The number of hydrogen-bond acceptors (Lipinski definition) is 6. The number of benzene rings is 6. The highest BCUT2D eigenvalue weighted by Crippen LogP contribution is 2.45. The minimum absolute atomic E-state index is 0.766. The van der Waals surface area contributed by atoms with E-state index in [1.54, 1.807) is 46.5 Å². The largest absolute Gasteiger partial charge is 0.497 e. The lowest BCUT2D eigenvalue weighted by Gasteiger charge is -2.29. The highest BCUT2D eigenvalue weighted by atomic mass is 35.5. The minimum atomic E-state index is -1.04. The van der Waals surface area contributed by atoms with Crippen molar-refractivity contribution in [3.05, 3.63) is 179 Å². The molecule has 0 aliphatic rings. The first kappa shape index (κ1) is 39.8. The van der Waals surface area contributed by atoms with Crippen molar-refractivity contribution >= 4 is 45.8 Å². The fourth-order valence-corrected chi connectivity index (χ4v) is 7.66. The van der Waals surface area contributed by atoms with Crippen LogP contribution in [0.3, 0.4) is 0 Å². The summed E-state index contributed by atoms with van der Waals surface area (Å²) in [7, 11) is 5.55. The molecular weight excluding hydrogens is 744 g/mol. The Morgan fingerprint density at radius 3 is 0.868 bits per heavy atom. The van der Waals surface area contributed by atoms with Crippen molar-refractivity contribution in [2.24, 2.45) is 0 Å². The average Bonchev–Trinajstić information content (AvgIpc) is 3.23. The molecule has 0 aromatic heterocycles. The topological polar surface area (TPSA) is 54.0 Å². The molecule has 0 aliphatic heterocycles. The second kappa shape index (κ2) is 18.1. The van der Waals surface area contributed by atoms with E-state index in [-0.39, 0.29) is 0 Å². The quantitative estimate of drug-likeness (QED) is 0.0700. The first-order valence-electron chi connectivity index (χ1n) is 16.6. The van der Waals surface area contributed by atoms with Crippen LogP contribution in [0.15, 0.2) is 155 Å². The number of thioether (sulfide) groups is 1. The van der Waals surface area contributed by atoms with Gasteiger partial charge < -0.3 is 18.9 Å². The number of alkyl halides is 2. The SMILES string of the molecule is COc1ccc(C(Cl)(c2ccc(OC)cc2)c2ccc(S(C)=O)cc2)cc1.COc1ccc(C(Cl)(c2ccc(OC)cc2)c2ccc(SC)cc2)cc1. The van der Waals surface area contributed by atoms with E-state index in [9.17, 15) is 4.21 Å². The number of ether oxygens (including phenoxy) is 4. The third-order valence-corrected chi connectivity index (χ3v) is 12.0. The molecule has 0 aliphatic carbocycles. The normalized spacial score (nSPS) is 11.8. The number of rotatable bonds is 12. The summed E-state index contributed by atoms with van der Waals surface area (Å²) in [4.78, 5) is 0.279. The Kier molecular flexibility index (Phi) is 13.6. The molecule has 0 bridgehead atoms. The van der Waals surface area contributed by atoms with Gasteiger partial charge >= 0.3 is 0 Å². The number of hydrogen-bond donors (Lipinski definition) is 0. The van der Waals surface area contributed by atoms with E-state index in [4.69, 9.17) is 42.1 Å². The Morgan fingerprint density at radius 2 is 0.660 bits per heavy atom. The minimum Gasteiger partial charge on any atom is -0.497 e. The average molecular weight is 786 g/mol. The fraction of sp³-hybridized carbons (Fsp3) is 0.182. The second-order valence-electron chi connectivity index (χ2n) is 11.9. The predicted molar refractivity (Wildman–Crippen MR) is 220 cm³/mol. The van der Waals surface area contributed by atoms with E-state index < -0.39 is 20.5 Å². The second-order valence-corrected chi connectivity index (χ2v) is 15.3. The Hall–Kier alpha value is -4.40. The molecule has 53 heavy (non-hydrogen) atoms. The molecule has 274 valence electrons. The van der Waals surface area contributed by atoms with Crippen LogP contribution in [0, 0.1) is 0 Å². The Labute approximate surface area is 329 Å². The van der Waals surface area contributed by atoms with Gasteiger partial charge in [-0.25, -0.2) is 0 Å². The molecular formula is C44H42Cl2O5S2. The molecule has 0 radical (unpaired) electrons. The van der Waals surface area contributed by atoms with Gasteiger partial charge in [0.05, 0.1) is 28.4 Å². The van der Waals surface area contributed by atoms with Crippen molar-refractivity contribution in [3.8, 4) is 23.0 Å². The summed E-state index contributed by atoms with van der Waals surface area (Å²) >= 11 is 16.3. The molecule has 5 nitrogen and oxygen atoms in total. The molecule has 0 fully saturated rings. The van der Waals surface area contributed by atoms with E-state index in [1.165, 1.54) is 4.90 Å². The van der Waals surface area contributed by atoms with Crippen LogP contribution >= 0.6 is 35.0 Å². The third-order valence-electron chi connectivity index (χ3n) is 9.02. The maximum atomic E-state index is 11.7. The molecule has 0 saturated carbocycles. The molecule has 1 atom stereocenters. The predicted octanol–water partition coefficient (Wildman–Crippen LogP) is 10.9. The molecule has 0 heterocycles. The Bertz CT molecular complexity index is 1910. The summed E-state index contributed by atoms with van der Waals surface area (Å²) < 4.78 is 32.9.